The first-order valence-electron chi connectivity index (χ1n) is 6.87. The normalized spacial score (nSPS) is 16.1. The van der Waals surface area contributed by atoms with Gasteiger partial charge in [-0.25, -0.2) is 4.98 Å². The number of rotatable bonds is 5. The fourth-order valence-corrected chi connectivity index (χ4v) is 2.26. The maximum Gasteiger partial charge on any atom is 0.319 e. The van der Waals surface area contributed by atoms with Gasteiger partial charge in [-0.15, -0.1) is 0 Å². The van der Waals surface area contributed by atoms with Crippen LogP contribution in [0.15, 0.2) is 12.1 Å². The lowest BCUT2D eigenvalue weighted by atomic mass is 10.1. The zero-order valence-corrected chi connectivity index (χ0v) is 11.6. The topological polar surface area (TPSA) is 77.1 Å². The van der Waals surface area contributed by atoms with Crippen LogP contribution in [-0.2, 0) is 14.9 Å². The highest BCUT2D eigenvalue weighted by Crippen LogP contribution is 2.48. The summed E-state index contributed by atoms with van der Waals surface area (Å²) in [6.07, 6.45) is 1.54. The van der Waals surface area contributed by atoms with Gasteiger partial charge in [-0.2, -0.15) is 4.98 Å². The minimum atomic E-state index is -0.595. The molecule has 0 bridgehead atoms. The monoisotopic (exact) mass is 275 g/mol. The van der Waals surface area contributed by atoms with Gasteiger partial charge >= 0.3 is 5.97 Å². The number of aromatic nitrogens is 3. The molecule has 20 heavy (non-hydrogen) atoms. The number of imidazole rings is 1. The van der Waals surface area contributed by atoms with Crippen LogP contribution in [0.2, 0.25) is 0 Å². The van der Waals surface area contributed by atoms with Gasteiger partial charge in [0, 0.05) is 6.07 Å². The van der Waals surface area contributed by atoms with Gasteiger partial charge in [0.2, 0.25) is 5.88 Å². The van der Waals surface area contributed by atoms with Crippen molar-refractivity contribution in [3.8, 4) is 5.88 Å². The number of ether oxygens (including phenoxy) is 2. The Labute approximate surface area is 116 Å². The molecule has 1 saturated carbocycles. The predicted molar refractivity (Wildman–Crippen MR) is 72.6 cm³/mol. The van der Waals surface area contributed by atoms with Crippen LogP contribution in [0.5, 0.6) is 5.88 Å². The molecule has 1 aliphatic rings. The van der Waals surface area contributed by atoms with E-state index >= 15 is 0 Å². The van der Waals surface area contributed by atoms with Crippen molar-refractivity contribution in [1.82, 2.24) is 15.0 Å². The number of hydrogen-bond donors (Lipinski definition) is 1. The van der Waals surface area contributed by atoms with Gasteiger partial charge in [0.15, 0.2) is 5.65 Å². The summed E-state index contributed by atoms with van der Waals surface area (Å²) >= 11 is 0. The first-order valence-corrected chi connectivity index (χ1v) is 6.87. The summed E-state index contributed by atoms with van der Waals surface area (Å²) in [6, 6.07) is 3.66. The number of esters is 1. The van der Waals surface area contributed by atoms with Crippen LogP contribution >= 0.6 is 0 Å². The lowest BCUT2D eigenvalue weighted by molar-refractivity contribution is -0.146. The van der Waals surface area contributed by atoms with E-state index in [4.69, 9.17) is 9.47 Å². The molecule has 0 aliphatic heterocycles. The fraction of sp³-hybridized carbons (Fsp3) is 0.500. The van der Waals surface area contributed by atoms with Crippen molar-refractivity contribution in [3.63, 3.8) is 0 Å². The lowest BCUT2D eigenvalue weighted by Gasteiger charge is -2.10. The summed E-state index contributed by atoms with van der Waals surface area (Å²) in [5, 5.41) is 0. The number of pyridine rings is 1. The molecular formula is C14H17N3O3. The van der Waals surface area contributed by atoms with E-state index < -0.39 is 5.41 Å². The van der Waals surface area contributed by atoms with Crippen LogP contribution in [-0.4, -0.2) is 34.1 Å². The van der Waals surface area contributed by atoms with E-state index in [2.05, 4.69) is 15.0 Å². The van der Waals surface area contributed by atoms with Crippen LogP contribution in [0.25, 0.3) is 11.2 Å². The van der Waals surface area contributed by atoms with Crippen molar-refractivity contribution >= 4 is 17.1 Å². The van der Waals surface area contributed by atoms with E-state index in [1.807, 2.05) is 19.9 Å². The number of nitrogens with zero attached hydrogens (tertiary/aromatic N) is 2. The molecule has 0 spiro atoms. The van der Waals surface area contributed by atoms with Crippen molar-refractivity contribution in [1.29, 1.82) is 0 Å². The maximum atomic E-state index is 12.0. The highest BCUT2D eigenvalue weighted by molar-refractivity contribution is 5.86. The summed E-state index contributed by atoms with van der Waals surface area (Å²) in [5.74, 6) is 0.982. The Bertz CT molecular complexity index is 646. The molecule has 0 unspecified atom stereocenters. The number of carbonyl (C=O) groups excluding carboxylic acids is 1. The molecule has 3 rings (SSSR count). The highest BCUT2D eigenvalue weighted by Gasteiger charge is 2.55. The zero-order valence-electron chi connectivity index (χ0n) is 11.6. The maximum absolute atomic E-state index is 12.0. The first-order chi connectivity index (χ1) is 9.69. The van der Waals surface area contributed by atoms with E-state index in [0.717, 1.165) is 18.4 Å². The standard InChI is InChI=1S/C14H17N3O3/c1-3-19-10-6-5-9-11(16-10)17-12(15-9)14(7-8-14)13(18)20-4-2/h5-6H,3-4,7-8H2,1-2H3,(H,15,16,17). The molecule has 1 N–H and O–H groups in total. The molecule has 0 atom stereocenters. The minimum Gasteiger partial charge on any atom is -0.478 e. The average molecular weight is 275 g/mol. The Kier molecular flexibility index (Phi) is 3.08. The zero-order chi connectivity index (χ0) is 14.2. The third kappa shape index (κ3) is 2.01. The Hall–Kier alpha value is -2.11. The Morgan fingerprint density at radius 3 is 2.75 bits per heavy atom. The van der Waals surface area contributed by atoms with Crippen LogP contribution in [0.1, 0.15) is 32.5 Å². The van der Waals surface area contributed by atoms with Crippen molar-refractivity contribution in [2.45, 2.75) is 32.1 Å². The summed E-state index contributed by atoms with van der Waals surface area (Å²) in [7, 11) is 0. The van der Waals surface area contributed by atoms with Crippen LogP contribution in [0.4, 0.5) is 0 Å². The number of nitrogens with one attached hydrogen (secondary N) is 1. The number of hydrogen-bond acceptors (Lipinski definition) is 5. The Morgan fingerprint density at radius 2 is 2.10 bits per heavy atom. The van der Waals surface area contributed by atoms with Gasteiger partial charge in [-0.05, 0) is 32.8 Å². The van der Waals surface area contributed by atoms with Gasteiger partial charge in [0.25, 0.3) is 0 Å². The van der Waals surface area contributed by atoms with Crippen LogP contribution in [0.3, 0.4) is 0 Å². The second-order valence-electron chi connectivity index (χ2n) is 4.84. The molecule has 6 heteroatoms. The summed E-state index contributed by atoms with van der Waals surface area (Å²) in [5.41, 5.74) is 0.781. The number of carbonyl (C=O) groups is 1. The van der Waals surface area contributed by atoms with E-state index in [0.29, 0.717) is 30.6 Å². The third-order valence-corrected chi connectivity index (χ3v) is 3.48. The molecule has 0 saturated heterocycles. The number of aromatic amines is 1. The van der Waals surface area contributed by atoms with E-state index in [-0.39, 0.29) is 5.97 Å². The summed E-state index contributed by atoms with van der Waals surface area (Å²) < 4.78 is 10.5. The number of H-pyrrole nitrogens is 1. The smallest absolute Gasteiger partial charge is 0.319 e. The second-order valence-corrected chi connectivity index (χ2v) is 4.84. The summed E-state index contributed by atoms with van der Waals surface area (Å²) in [6.45, 7) is 4.65. The molecule has 0 amide bonds. The van der Waals surface area contributed by atoms with Gasteiger partial charge in [0.05, 0.1) is 18.7 Å². The first kappa shape index (κ1) is 12.9. The van der Waals surface area contributed by atoms with Gasteiger partial charge < -0.3 is 14.5 Å². The predicted octanol–water partition coefficient (Wildman–Crippen LogP) is 1.95. The molecule has 2 heterocycles. The van der Waals surface area contributed by atoms with E-state index in [1.54, 1.807) is 6.07 Å². The Balaban J connectivity index is 1.95. The fourth-order valence-electron chi connectivity index (χ4n) is 2.26. The van der Waals surface area contributed by atoms with Gasteiger partial charge in [-0.1, -0.05) is 0 Å². The summed E-state index contributed by atoms with van der Waals surface area (Å²) in [4.78, 5) is 24.0. The highest BCUT2D eigenvalue weighted by atomic mass is 16.5. The largest absolute Gasteiger partial charge is 0.478 e. The molecule has 0 aromatic carbocycles. The molecule has 2 aromatic rings. The molecule has 0 radical (unpaired) electrons. The number of fused-ring (bicyclic) bond motifs is 1. The molecule has 2 aromatic heterocycles. The molecule has 106 valence electrons. The van der Waals surface area contributed by atoms with Crippen LogP contribution < -0.4 is 4.74 Å². The Morgan fingerprint density at radius 1 is 1.30 bits per heavy atom. The van der Waals surface area contributed by atoms with Gasteiger partial charge in [0.1, 0.15) is 11.2 Å². The quantitative estimate of drug-likeness (QED) is 0.844. The van der Waals surface area contributed by atoms with Crippen molar-refractivity contribution in [3.05, 3.63) is 18.0 Å². The lowest BCUT2D eigenvalue weighted by Crippen LogP contribution is -2.24. The van der Waals surface area contributed by atoms with Crippen molar-refractivity contribution in [2.75, 3.05) is 13.2 Å². The molecule has 1 fully saturated rings. The van der Waals surface area contributed by atoms with E-state index in [9.17, 15) is 4.79 Å². The SMILES string of the molecule is CCOC(=O)C1(c2nc3nc(OCC)ccc3[nH]2)CC1. The average Bonchev–Trinajstić information content (AvgIpc) is 3.14. The van der Waals surface area contributed by atoms with E-state index in [1.165, 1.54) is 0 Å². The second kappa shape index (κ2) is 4.77. The third-order valence-electron chi connectivity index (χ3n) is 3.48. The molecule has 1 aliphatic carbocycles. The molecule has 6 nitrogen and oxygen atoms in total. The molecular weight excluding hydrogens is 258 g/mol. The van der Waals surface area contributed by atoms with Crippen molar-refractivity contribution in [2.24, 2.45) is 0 Å². The van der Waals surface area contributed by atoms with Crippen molar-refractivity contribution < 1.29 is 14.3 Å². The minimum absolute atomic E-state index is 0.205. The van der Waals surface area contributed by atoms with Gasteiger partial charge in [-0.3, -0.25) is 4.79 Å². The van der Waals surface area contributed by atoms with Crippen LogP contribution in [0, 0.1) is 0 Å².